The first-order valence-electron chi connectivity index (χ1n) is 8.20. The van der Waals surface area contributed by atoms with Gasteiger partial charge in [0.05, 0.1) is 11.9 Å². The third-order valence-corrected chi connectivity index (χ3v) is 4.31. The average Bonchev–Trinajstić information content (AvgIpc) is 3.21. The van der Waals surface area contributed by atoms with Gasteiger partial charge >= 0.3 is 6.18 Å². The zero-order valence-electron chi connectivity index (χ0n) is 15.3. The number of aliphatic hydroxyl groups is 1. The number of hydrogen-bond acceptors (Lipinski definition) is 7. The molecule has 1 aromatic carbocycles. The summed E-state index contributed by atoms with van der Waals surface area (Å²) in [7, 11) is 1.00. The molecule has 29 heavy (non-hydrogen) atoms. The first-order chi connectivity index (χ1) is 13.6. The van der Waals surface area contributed by atoms with Crippen LogP contribution >= 0.6 is 0 Å². The summed E-state index contributed by atoms with van der Waals surface area (Å²) >= 11 is 0. The highest BCUT2D eigenvalue weighted by atomic mass is 19.4. The zero-order chi connectivity index (χ0) is 21.4. The minimum Gasteiger partial charge on any atom is -0.381 e. The van der Waals surface area contributed by atoms with E-state index in [1.54, 1.807) is 6.92 Å². The molecule has 0 radical (unpaired) electrons. The SMILES string of the molecule is CNC(=O)C(O)(c1ccc(C)c(-c2cnc(N)c(-n3cncn3)n2)c1)C(F)(F)F. The highest BCUT2D eigenvalue weighted by Crippen LogP contribution is 2.40. The summed E-state index contributed by atoms with van der Waals surface area (Å²) in [5.41, 5.74) is 2.35. The molecule has 2 aromatic heterocycles. The van der Waals surface area contributed by atoms with E-state index in [2.05, 4.69) is 20.1 Å². The van der Waals surface area contributed by atoms with Crippen LogP contribution < -0.4 is 11.1 Å². The van der Waals surface area contributed by atoms with Crippen LogP contribution in [0.25, 0.3) is 17.1 Å². The van der Waals surface area contributed by atoms with Gasteiger partial charge in [-0.2, -0.15) is 23.0 Å². The van der Waals surface area contributed by atoms with E-state index in [1.165, 1.54) is 29.6 Å². The van der Waals surface area contributed by atoms with Crippen molar-refractivity contribution in [1.29, 1.82) is 0 Å². The van der Waals surface area contributed by atoms with Crippen molar-refractivity contribution in [3.8, 4) is 17.1 Å². The lowest BCUT2D eigenvalue weighted by Gasteiger charge is -2.29. The summed E-state index contributed by atoms with van der Waals surface area (Å²) in [6.07, 6.45) is -1.39. The molecule has 2 heterocycles. The van der Waals surface area contributed by atoms with Crippen LogP contribution in [0.1, 0.15) is 11.1 Å². The molecule has 1 unspecified atom stereocenters. The highest BCUT2D eigenvalue weighted by molar-refractivity contribution is 5.87. The number of likely N-dealkylation sites (N-methyl/N-ethyl adjacent to an activating group) is 1. The molecule has 0 fully saturated rings. The third kappa shape index (κ3) is 3.38. The van der Waals surface area contributed by atoms with Crippen molar-refractivity contribution < 1.29 is 23.1 Å². The number of anilines is 1. The maximum absolute atomic E-state index is 13.6. The highest BCUT2D eigenvalue weighted by Gasteiger charge is 2.60. The smallest absolute Gasteiger partial charge is 0.381 e. The van der Waals surface area contributed by atoms with Gasteiger partial charge in [-0.25, -0.2) is 15.0 Å². The molecule has 3 aromatic rings. The number of nitrogens with zero attached hydrogens (tertiary/aromatic N) is 5. The fourth-order valence-electron chi connectivity index (χ4n) is 2.73. The van der Waals surface area contributed by atoms with E-state index in [1.807, 2.05) is 5.32 Å². The van der Waals surface area contributed by atoms with Crippen LogP contribution in [-0.2, 0) is 10.4 Å². The molecule has 0 saturated heterocycles. The molecule has 12 heteroatoms. The van der Waals surface area contributed by atoms with Crippen LogP contribution in [0.15, 0.2) is 37.1 Å². The Morgan fingerprint density at radius 1 is 1.31 bits per heavy atom. The van der Waals surface area contributed by atoms with Gasteiger partial charge < -0.3 is 16.2 Å². The Balaban J connectivity index is 2.18. The molecule has 0 aliphatic rings. The van der Waals surface area contributed by atoms with Gasteiger partial charge in [-0.3, -0.25) is 4.79 Å². The molecule has 3 rings (SSSR count). The number of nitrogen functional groups attached to an aromatic ring is 1. The standard InChI is InChI=1S/C17H16F3N7O2/c1-9-3-4-10(16(29,15(28)22-2)17(18,19)20)5-11(9)12-6-24-13(21)14(26-12)27-8-23-7-25-27/h3-8,29H,1-2H3,(H2,21,24)(H,22,28). The fraction of sp³-hybridized carbons (Fsp3) is 0.235. The lowest BCUT2D eigenvalue weighted by Crippen LogP contribution is -2.53. The molecule has 0 aliphatic carbocycles. The molecule has 0 saturated carbocycles. The van der Waals surface area contributed by atoms with Crippen LogP contribution in [0, 0.1) is 6.92 Å². The molecule has 0 bridgehead atoms. The maximum Gasteiger partial charge on any atom is 0.430 e. The minimum absolute atomic E-state index is 0.0326. The lowest BCUT2D eigenvalue weighted by molar-refractivity contribution is -0.256. The predicted octanol–water partition coefficient (Wildman–Crippen LogP) is 1.11. The van der Waals surface area contributed by atoms with Gasteiger partial charge in [0.15, 0.2) is 11.6 Å². The largest absolute Gasteiger partial charge is 0.430 e. The van der Waals surface area contributed by atoms with Crippen molar-refractivity contribution in [3.63, 3.8) is 0 Å². The summed E-state index contributed by atoms with van der Waals surface area (Å²) in [5, 5.41) is 16.0. The number of aryl methyl sites for hydroxylation is 1. The van der Waals surface area contributed by atoms with Gasteiger partial charge in [0.2, 0.25) is 0 Å². The van der Waals surface area contributed by atoms with Gasteiger partial charge in [-0.15, -0.1) is 0 Å². The number of carbonyl (C=O) groups excluding carboxylic acids is 1. The van der Waals surface area contributed by atoms with Gasteiger partial charge in [-0.05, 0) is 18.6 Å². The Hall–Kier alpha value is -3.54. The third-order valence-electron chi connectivity index (χ3n) is 4.31. The van der Waals surface area contributed by atoms with E-state index in [4.69, 9.17) is 5.73 Å². The fourth-order valence-corrected chi connectivity index (χ4v) is 2.73. The number of hydrogen-bond donors (Lipinski definition) is 3. The van der Waals surface area contributed by atoms with Crippen LogP contribution in [0.3, 0.4) is 0 Å². The summed E-state index contributed by atoms with van der Waals surface area (Å²) in [5.74, 6) is -1.45. The Bertz CT molecular complexity index is 1050. The number of aromatic nitrogens is 5. The van der Waals surface area contributed by atoms with Gasteiger partial charge in [0, 0.05) is 18.2 Å². The number of halogens is 3. The predicted molar refractivity (Wildman–Crippen MR) is 95.6 cm³/mol. The number of benzene rings is 1. The van der Waals surface area contributed by atoms with Gasteiger partial charge in [0.25, 0.3) is 11.5 Å². The van der Waals surface area contributed by atoms with Crippen LogP contribution in [0.4, 0.5) is 19.0 Å². The lowest BCUT2D eigenvalue weighted by atomic mass is 9.89. The molecule has 9 nitrogen and oxygen atoms in total. The quantitative estimate of drug-likeness (QED) is 0.590. The van der Waals surface area contributed by atoms with Crippen molar-refractivity contribution in [1.82, 2.24) is 30.0 Å². The summed E-state index contributed by atoms with van der Waals surface area (Å²) in [6, 6.07) is 3.42. The van der Waals surface area contributed by atoms with Crippen LogP contribution in [0.5, 0.6) is 0 Å². The Morgan fingerprint density at radius 3 is 2.62 bits per heavy atom. The molecule has 4 N–H and O–H groups in total. The minimum atomic E-state index is -5.25. The Morgan fingerprint density at radius 2 is 2.03 bits per heavy atom. The normalized spacial score (nSPS) is 13.7. The topological polar surface area (TPSA) is 132 Å². The van der Waals surface area contributed by atoms with E-state index < -0.39 is 23.2 Å². The van der Waals surface area contributed by atoms with Crippen LogP contribution in [-0.4, -0.2) is 49.0 Å². The monoisotopic (exact) mass is 407 g/mol. The summed E-state index contributed by atoms with van der Waals surface area (Å²) < 4.78 is 42.0. The molecule has 1 amide bonds. The van der Waals surface area contributed by atoms with E-state index in [0.717, 1.165) is 19.2 Å². The number of carbonyl (C=O) groups is 1. The van der Waals surface area contributed by atoms with Crippen molar-refractivity contribution in [3.05, 3.63) is 48.2 Å². The van der Waals surface area contributed by atoms with Gasteiger partial charge in [-0.1, -0.05) is 12.1 Å². The number of nitrogens with two attached hydrogens (primary N) is 1. The van der Waals surface area contributed by atoms with Gasteiger partial charge in [0.1, 0.15) is 12.7 Å². The second kappa shape index (κ2) is 7.13. The average molecular weight is 407 g/mol. The van der Waals surface area contributed by atoms with Crippen molar-refractivity contribution in [2.75, 3.05) is 12.8 Å². The maximum atomic E-state index is 13.6. The van der Waals surface area contributed by atoms with E-state index in [9.17, 15) is 23.1 Å². The summed E-state index contributed by atoms with van der Waals surface area (Å²) in [4.78, 5) is 24.0. The Kier molecular flexibility index (Phi) is 4.96. The van der Waals surface area contributed by atoms with E-state index in [0.29, 0.717) is 5.56 Å². The number of alkyl halides is 3. The zero-order valence-corrected chi connectivity index (χ0v) is 15.3. The van der Waals surface area contributed by atoms with E-state index >= 15 is 0 Å². The van der Waals surface area contributed by atoms with Crippen molar-refractivity contribution in [2.24, 2.45) is 0 Å². The second-order valence-electron chi connectivity index (χ2n) is 6.12. The molecule has 0 aliphatic heterocycles. The van der Waals surface area contributed by atoms with Crippen molar-refractivity contribution >= 4 is 11.7 Å². The molecule has 152 valence electrons. The number of nitrogens with one attached hydrogen (secondary N) is 1. The number of amides is 1. The van der Waals surface area contributed by atoms with E-state index in [-0.39, 0.29) is 22.9 Å². The second-order valence-corrected chi connectivity index (χ2v) is 6.12. The van der Waals surface area contributed by atoms with Crippen molar-refractivity contribution in [2.45, 2.75) is 18.7 Å². The number of rotatable bonds is 4. The first kappa shape index (κ1) is 20.2. The molecule has 0 spiro atoms. The Labute approximate surface area is 162 Å². The molecule has 1 atom stereocenters. The molecular weight excluding hydrogens is 391 g/mol. The summed E-state index contributed by atoms with van der Waals surface area (Å²) in [6.45, 7) is 1.64. The first-order valence-corrected chi connectivity index (χ1v) is 8.20. The molecular formula is C17H16F3N7O2. The van der Waals surface area contributed by atoms with Crippen LogP contribution in [0.2, 0.25) is 0 Å².